The van der Waals surface area contributed by atoms with Gasteiger partial charge in [-0.25, -0.2) is 9.97 Å². The number of aliphatic hydroxyl groups is 1. The Kier molecular flexibility index (Phi) is 4.66. The Morgan fingerprint density at radius 3 is 2.71 bits per heavy atom. The number of ketones is 1. The molecule has 0 spiro atoms. The first kappa shape index (κ1) is 20.8. The lowest BCUT2D eigenvalue weighted by atomic mass is 9.85. The second kappa shape index (κ2) is 7.63. The number of aromatic amines is 1. The number of piperidine rings is 1. The van der Waals surface area contributed by atoms with E-state index >= 15 is 0 Å². The van der Waals surface area contributed by atoms with Crippen molar-refractivity contribution in [2.45, 2.75) is 50.6 Å². The SMILES string of the molecule is CC(=O)c1c(C2CC3CCC(C2)N3C(=O)CO)nc2c(-c3ccc4nc[nH]c4c3)cnn2c1N. The van der Waals surface area contributed by atoms with Crippen LogP contribution in [-0.2, 0) is 4.79 Å². The Morgan fingerprint density at radius 2 is 2.00 bits per heavy atom. The van der Waals surface area contributed by atoms with Gasteiger partial charge in [0.2, 0.25) is 5.91 Å². The standard InChI is InChI=1S/C24H25N7O3/c1-12(33)21-22(14-6-15-3-4-16(7-14)30(15)20(34)10-32)29-24-17(9-28-31(24)23(21)25)13-2-5-18-19(8-13)27-11-26-18/h2,5,8-9,11,14-16,32H,3-4,6-7,10,25H2,1H3,(H,26,27). The molecule has 1 aromatic carbocycles. The molecule has 6 rings (SSSR count). The van der Waals surface area contributed by atoms with Crippen molar-refractivity contribution >= 4 is 34.2 Å². The molecule has 2 atom stereocenters. The number of imidazole rings is 1. The highest BCUT2D eigenvalue weighted by molar-refractivity contribution is 6.00. The molecule has 4 aromatic rings. The summed E-state index contributed by atoms with van der Waals surface area (Å²) in [5.41, 5.74) is 11.7. The summed E-state index contributed by atoms with van der Waals surface area (Å²) in [6, 6.07) is 5.97. The van der Waals surface area contributed by atoms with Crippen LogP contribution in [0.3, 0.4) is 0 Å². The van der Waals surface area contributed by atoms with Gasteiger partial charge in [-0.2, -0.15) is 9.61 Å². The molecule has 2 aliphatic rings. The minimum Gasteiger partial charge on any atom is -0.387 e. The number of carbonyl (C=O) groups is 2. The normalized spacial score (nSPS) is 22.1. The summed E-state index contributed by atoms with van der Waals surface area (Å²) < 4.78 is 1.53. The van der Waals surface area contributed by atoms with Gasteiger partial charge in [-0.05, 0) is 50.3 Å². The van der Waals surface area contributed by atoms with Crippen molar-refractivity contribution in [2.24, 2.45) is 0 Å². The summed E-state index contributed by atoms with van der Waals surface area (Å²) >= 11 is 0. The van der Waals surface area contributed by atoms with Crippen LogP contribution >= 0.6 is 0 Å². The van der Waals surface area contributed by atoms with Crippen molar-refractivity contribution < 1.29 is 14.7 Å². The molecule has 4 N–H and O–H groups in total. The number of aliphatic hydroxyl groups excluding tert-OH is 1. The molecule has 3 aromatic heterocycles. The van der Waals surface area contributed by atoms with E-state index in [-0.39, 0.29) is 35.5 Å². The van der Waals surface area contributed by atoms with Gasteiger partial charge >= 0.3 is 0 Å². The van der Waals surface area contributed by atoms with Gasteiger partial charge in [0.05, 0.1) is 34.8 Å². The van der Waals surface area contributed by atoms with Gasteiger partial charge in [-0.15, -0.1) is 0 Å². The average molecular weight is 460 g/mol. The van der Waals surface area contributed by atoms with Crippen molar-refractivity contribution in [1.29, 1.82) is 0 Å². The molecule has 5 heterocycles. The highest BCUT2D eigenvalue weighted by atomic mass is 16.3. The monoisotopic (exact) mass is 459 g/mol. The largest absolute Gasteiger partial charge is 0.387 e. The maximum absolute atomic E-state index is 12.7. The van der Waals surface area contributed by atoms with Crippen LogP contribution in [0.2, 0.25) is 0 Å². The molecule has 2 bridgehead atoms. The number of nitrogens with one attached hydrogen (secondary N) is 1. The van der Waals surface area contributed by atoms with E-state index in [1.54, 1.807) is 12.5 Å². The van der Waals surface area contributed by atoms with E-state index in [1.165, 1.54) is 11.4 Å². The zero-order valence-electron chi connectivity index (χ0n) is 18.7. The Labute approximate surface area is 194 Å². The van der Waals surface area contributed by atoms with Crippen LogP contribution in [0.25, 0.3) is 27.8 Å². The van der Waals surface area contributed by atoms with E-state index in [0.717, 1.165) is 35.0 Å². The van der Waals surface area contributed by atoms with E-state index in [1.807, 2.05) is 23.1 Å². The van der Waals surface area contributed by atoms with Crippen LogP contribution in [0.1, 0.15) is 54.6 Å². The van der Waals surface area contributed by atoms with Crippen LogP contribution in [0.5, 0.6) is 0 Å². The van der Waals surface area contributed by atoms with Crippen LogP contribution in [-0.4, -0.2) is 65.0 Å². The molecule has 2 fully saturated rings. The molecule has 34 heavy (non-hydrogen) atoms. The molecule has 0 radical (unpaired) electrons. The van der Waals surface area contributed by atoms with Crippen molar-refractivity contribution in [1.82, 2.24) is 29.5 Å². The maximum Gasteiger partial charge on any atom is 0.248 e. The first-order valence-corrected chi connectivity index (χ1v) is 11.5. The van der Waals surface area contributed by atoms with Crippen LogP contribution in [0.4, 0.5) is 5.82 Å². The van der Waals surface area contributed by atoms with E-state index < -0.39 is 6.61 Å². The molecule has 10 nitrogen and oxygen atoms in total. The lowest BCUT2D eigenvalue weighted by Crippen LogP contribution is -2.47. The van der Waals surface area contributed by atoms with E-state index in [9.17, 15) is 14.7 Å². The summed E-state index contributed by atoms with van der Waals surface area (Å²) in [5.74, 6) is -0.112. The van der Waals surface area contributed by atoms with Crippen molar-refractivity contribution in [3.63, 3.8) is 0 Å². The number of rotatable bonds is 4. The number of benzene rings is 1. The minimum absolute atomic E-state index is 0.00993. The molecule has 0 aliphatic carbocycles. The second-order valence-corrected chi connectivity index (χ2v) is 9.25. The summed E-state index contributed by atoms with van der Waals surface area (Å²) in [6.07, 6.45) is 6.53. The molecule has 2 aliphatic heterocycles. The Hall–Kier alpha value is -3.79. The van der Waals surface area contributed by atoms with Gasteiger partial charge in [-0.1, -0.05) is 6.07 Å². The fraction of sp³-hybridized carbons (Fsp3) is 0.375. The molecule has 1 amide bonds. The quantitative estimate of drug-likeness (QED) is 0.397. The summed E-state index contributed by atoms with van der Waals surface area (Å²) in [5, 5.41) is 13.8. The van der Waals surface area contributed by atoms with Crippen LogP contribution in [0, 0.1) is 0 Å². The fourth-order valence-corrected chi connectivity index (χ4v) is 5.89. The minimum atomic E-state index is -0.479. The molecule has 2 unspecified atom stereocenters. The summed E-state index contributed by atoms with van der Waals surface area (Å²) in [7, 11) is 0. The predicted molar refractivity (Wildman–Crippen MR) is 125 cm³/mol. The third kappa shape index (κ3) is 3.02. The first-order valence-electron chi connectivity index (χ1n) is 11.5. The molecular weight excluding hydrogens is 434 g/mol. The Bertz CT molecular complexity index is 1440. The molecule has 10 heteroatoms. The number of fused-ring (bicyclic) bond motifs is 4. The highest BCUT2D eigenvalue weighted by Crippen LogP contribution is 2.44. The number of hydrogen-bond donors (Lipinski definition) is 3. The average Bonchev–Trinajstić information content (AvgIpc) is 3.53. The van der Waals surface area contributed by atoms with E-state index in [2.05, 4.69) is 15.1 Å². The number of amides is 1. The number of nitrogen functional groups attached to an aromatic ring is 1. The number of nitrogens with zero attached hydrogens (tertiary/aromatic N) is 5. The molecule has 174 valence electrons. The Balaban J connectivity index is 1.47. The topological polar surface area (TPSA) is 142 Å². The lowest BCUT2D eigenvalue weighted by molar-refractivity contribution is -0.138. The van der Waals surface area contributed by atoms with Crippen molar-refractivity contribution in [3.05, 3.63) is 42.0 Å². The van der Waals surface area contributed by atoms with E-state index in [4.69, 9.17) is 10.7 Å². The third-order valence-electron chi connectivity index (χ3n) is 7.34. The number of hydrogen-bond acceptors (Lipinski definition) is 7. The number of H-pyrrole nitrogens is 1. The van der Waals surface area contributed by atoms with Gasteiger partial charge < -0.3 is 20.7 Å². The van der Waals surface area contributed by atoms with Crippen LogP contribution in [0.15, 0.2) is 30.7 Å². The van der Waals surface area contributed by atoms with Gasteiger partial charge in [-0.3, -0.25) is 9.59 Å². The van der Waals surface area contributed by atoms with Crippen molar-refractivity contribution in [2.75, 3.05) is 12.3 Å². The fourth-order valence-electron chi connectivity index (χ4n) is 5.89. The number of nitrogens with two attached hydrogens (primary N) is 1. The van der Waals surface area contributed by atoms with Gasteiger partial charge in [0.15, 0.2) is 11.4 Å². The third-order valence-corrected chi connectivity index (χ3v) is 7.34. The summed E-state index contributed by atoms with van der Waals surface area (Å²) in [4.78, 5) is 39.2. The van der Waals surface area contributed by atoms with Gasteiger partial charge in [0, 0.05) is 23.6 Å². The maximum atomic E-state index is 12.7. The number of carbonyl (C=O) groups excluding carboxylic acids is 2. The van der Waals surface area contributed by atoms with Gasteiger partial charge in [0.25, 0.3) is 0 Å². The smallest absolute Gasteiger partial charge is 0.248 e. The zero-order valence-corrected chi connectivity index (χ0v) is 18.7. The Morgan fingerprint density at radius 1 is 1.24 bits per heavy atom. The van der Waals surface area contributed by atoms with Crippen molar-refractivity contribution in [3.8, 4) is 11.1 Å². The number of aromatic nitrogens is 5. The number of Topliss-reactive ketones (excluding diaryl/α,β-unsaturated/α-hetero) is 1. The first-order chi connectivity index (χ1) is 16.5. The van der Waals surface area contributed by atoms with Crippen LogP contribution < -0.4 is 5.73 Å². The molecule has 2 saturated heterocycles. The molecular formula is C24H25N7O3. The number of anilines is 1. The van der Waals surface area contributed by atoms with Gasteiger partial charge in [0.1, 0.15) is 12.4 Å². The lowest BCUT2D eigenvalue weighted by Gasteiger charge is -2.39. The molecule has 0 saturated carbocycles. The zero-order chi connectivity index (χ0) is 23.6. The predicted octanol–water partition coefficient (Wildman–Crippen LogP) is 2.29. The second-order valence-electron chi connectivity index (χ2n) is 9.25. The van der Waals surface area contributed by atoms with E-state index in [0.29, 0.717) is 29.7 Å². The summed E-state index contributed by atoms with van der Waals surface area (Å²) in [6.45, 7) is 1.02. The highest BCUT2D eigenvalue weighted by Gasteiger charge is 2.44.